The van der Waals surface area contributed by atoms with Gasteiger partial charge in [0.25, 0.3) is 0 Å². The average molecular weight is 244 g/mol. The van der Waals surface area contributed by atoms with Crippen LogP contribution in [0.25, 0.3) is 11.4 Å². The summed E-state index contributed by atoms with van der Waals surface area (Å²) in [7, 11) is 1.89. The molecular weight excluding hydrogens is 228 g/mol. The maximum absolute atomic E-state index is 8.96. The van der Waals surface area contributed by atoms with Gasteiger partial charge in [-0.05, 0) is 19.1 Å². The fourth-order valence-corrected chi connectivity index (χ4v) is 1.64. The van der Waals surface area contributed by atoms with Crippen LogP contribution < -0.4 is 4.90 Å². The SMILES string of the molecule is Cc1cc(N(C)CCO)nc(-c2cccnc2)n1. The number of nitrogens with zero attached hydrogens (tertiary/aromatic N) is 4. The zero-order valence-electron chi connectivity index (χ0n) is 10.5. The molecule has 94 valence electrons. The van der Waals surface area contributed by atoms with Gasteiger partial charge in [-0.1, -0.05) is 0 Å². The number of anilines is 1. The molecule has 2 rings (SSSR count). The number of likely N-dealkylation sites (N-methyl/N-ethyl adjacent to an activating group) is 1. The lowest BCUT2D eigenvalue weighted by Gasteiger charge is -2.17. The van der Waals surface area contributed by atoms with E-state index in [0.29, 0.717) is 12.4 Å². The van der Waals surface area contributed by atoms with Gasteiger partial charge in [-0.25, -0.2) is 9.97 Å². The molecule has 2 heterocycles. The summed E-state index contributed by atoms with van der Waals surface area (Å²) >= 11 is 0. The third-order valence-corrected chi connectivity index (χ3v) is 2.59. The molecule has 0 aromatic carbocycles. The summed E-state index contributed by atoms with van der Waals surface area (Å²) in [5.41, 5.74) is 1.78. The van der Waals surface area contributed by atoms with E-state index in [0.717, 1.165) is 17.1 Å². The minimum atomic E-state index is 0.0990. The highest BCUT2D eigenvalue weighted by atomic mass is 16.3. The van der Waals surface area contributed by atoms with Crippen LogP contribution in [0.4, 0.5) is 5.82 Å². The Labute approximate surface area is 106 Å². The molecule has 18 heavy (non-hydrogen) atoms. The fourth-order valence-electron chi connectivity index (χ4n) is 1.64. The highest BCUT2D eigenvalue weighted by molar-refractivity contribution is 5.56. The van der Waals surface area contributed by atoms with Gasteiger partial charge in [-0.15, -0.1) is 0 Å². The minimum absolute atomic E-state index is 0.0990. The molecule has 0 unspecified atom stereocenters. The van der Waals surface area contributed by atoms with Crippen LogP contribution in [0.15, 0.2) is 30.6 Å². The van der Waals surface area contributed by atoms with Crippen LogP contribution in [0.1, 0.15) is 5.69 Å². The summed E-state index contributed by atoms with van der Waals surface area (Å²) in [6.45, 7) is 2.57. The Kier molecular flexibility index (Phi) is 3.84. The van der Waals surface area contributed by atoms with Crippen molar-refractivity contribution < 1.29 is 5.11 Å². The van der Waals surface area contributed by atoms with Crippen molar-refractivity contribution in [3.63, 3.8) is 0 Å². The number of pyridine rings is 1. The van der Waals surface area contributed by atoms with Crippen molar-refractivity contribution in [1.29, 1.82) is 0 Å². The van der Waals surface area contributed by atoms with Crippen LogP contribution >= 0.6 is 0 Å². The molecule has 5 heteroatoms. The average Bonchev–Trinajstić information content (AvgIpc) is 2.39. The van der Waals surface area contributed by atoms with Crippen LogP contribution in [0.5, 0.6) is 0 Å². The second-order valence-corrected chi connectivity index (χ2v) is 4.08. The second-order valence-electron chi connectivity index (χ2n) is 4.08. The van der Waals surface area contributed by atoms with Gasteiger partial charge in [0.2, 0.25) is 0 Å². The summed E-state index contributed by atoms with van der Waals surface area (Å²) < 4.78 is 0. The van der Waals surface area contributed by atoms with Crippen molar-refractivity contribution in [2.24, 2.45) is 0 Å². The third kappa shape index (κ3) is 2.81. The summed E-state index contributed by atoms with van der Waals surface area (Å²) in [6, 6.07) is 5.69. The zero-order chi connectivity index (χ0) is 13.0. The smallest absolute Gasteiger partial charge is 0.163 e. The van der Waals surface area contributed by atoms with Crippen molar-refractivity contribution in [2.75, 3.05) is 25.1 Å². The molecular formula is C13H16N4O. The molecule has 0 radical (unpaired) electrons. The largest absolute Gasteiger partial charge is 0.395 e. The monoisotopic (exact) mass is 244 g/mol. The number of aromatic nitrogens is 3. The summed E-state index contributed by atoms with van der Waals surface area (Å²) in [5, 5.41) is 8.96. The Hall–Kier alpha value is -2.01. The molecule has 0 fully saturated rings. The van der Waals surface area contributed by atoms with Gasteiger partial charge in [0.15, 0.2) is 5.82 Å². The Morgan fingerprint density at radius 3 is 2.83 bits per heavy atom. The first-order valence-electron chi connectivity index (χ1n) is 5.79. The number of aliphatic hydroxyl groups excluding tert-OH is 1. The van der Waals surface area contributed by atoms with E-state index in [2.05, 4.69) is 15.0 Å². The van der Waals surface area contributed by atoms with Gasteiger partial charge in [0.1, 0.15) is 5.82 Å². The van der Waals surface area contributed by atoms with E-state index in [1.54, 1.807) is 12.4 Å². The van der Waals surface area contributed by atoms with Gasteiger partial charge in [0.05, 0.1) is 6.61 Å². The molecule has 0 bridgehead atoms. The molecule has 5 nitrogen and oxygen atoms in total. The van der Waals surface area contributed by atoms with Gasteiger partial charge in [-0.3, -0.25) is 4.98 Å². The quantitative estimate of drug-likeness (QED) is 0.877. The summed E-state index contributed by atoms with van der Waals surface area (Å²) in [6.07, 6.45) is 3.46. The van der Waals surface area contributed by atoms with Crippen molar-refractivity contribution >= 4 is 5.82 Å². The molecule has 2 aromatic rings. The molecule has 0 aliphatic rings. The first-order chi connectivity index (χ1) is 8.70. The van der Waals surface area contributed by atoms with Crippen molar-refractivity contribution in [2.45, 2.75) is 6.92 Å². The Morgan fingerprint density at radius 2 is 2.17 bits per heavy atom. The lowest BCUT2D eigenvalue weighted by atomic mass is 10.2. The van der Waals surface area contributed by atoms with E-state index in [4.69, 9.17) is 5.11 Å². The third-order valence-electron chi connectivity index (χ3n) is 2.59. The zero-order valence-corrected chi connectivity index (χ0v) is 10.5. The second kappa shape index (κ2) is 5.55. The van der Waals surface area contributed by atoms with Crippen molar-refractivity contribution in [3.05, 3.63) is 36.3 Å². The van der Waals surface area contributed by atoms with E-state index in [1.165, 1.54) is 0 Å². The van der Waals surface area contributed by atoms with E-state index < -0.39 is 0 Å². The highest BCUT2D eigenvalue weighted by Gasteiger charge is 2.08. The molecule has 0 amide bonds. The van der Waals surface area contributed by atoms with Crippen LogP contribution in [0, 0.1) is 6.92 Å². The maximum Gasteiger partial charge on any atom is 0.163 e. The summed E-state index contributed by atoms with van der Waals surface area (Å²) in [4.78, 5) is 14.9. The van der Waals surface area contributed by atoms with Crippen molar-refractivity contribution in [1.82, 2.24) is 15.0 Å². The molecule has 0 aliphatic carbocycles. The van der Waals surface area contributed by atoms with Crippen LogP contribution in [0.2, 0.25) is 0 Å². The van der Waals surface area contributed by atoms with Crippen molar-refractivity contribution in [3.8, 4) is 11.4 Å². The van der Waals surface area contributed by atoms with E-state index >= 15 is 0 Å². The predicted octanol–water partition coefficient (Wildman–Crippen LogP) is 1.28. The number of rotatable bonds is 4. The summed E-state index contributed by atoms with van der Waals surface area (Å²) in [5.74, 6) is 1.46. The number of hydrogen-bond acceptors (Lipinski definition) is 5. The lowest BCUT2D eigenvalue weighted by molar-refractivity contribution is 0.304. The Morgan fingerprint density at radius 1 is 1.33 bits per heavy atom. The van der Waals surface area contributed by atoms with E-state index in [1.807, 2.05) is 37.1 Å². The molecule has 0 aliphatic heterocycles. The van der Waals surface area contributed by atoms with E-state index in [9.17, 15) is 0 Å². The van der Waals surface area contributed by atoms with Crippen LogP contribution in [-0.2, 0) is 0 Å². The number of aryl methyl sites for hydroxylation is 1. The first-order valence-corrected chi connectivity index (χ1v) is 5.79. The maximum atomic E-state index is 8.96. The molecule has 0 spiro atoms. The van der Waals surface area contributed by atoms with Gasteiger partial charge < -0.3 is 10.0 Å². The molecule has 0 atom stereocenters. The van der Waals surface area contributed by atoms with Gasteiger partial charge in [0, 0.05) is 43.3 Å². The molecule has 0 saturated heterocycles. The number of hydrogen-bond donors (Lipinski definition) is 1. The number of aliphatic hydroxyl groups is 1. The Balaban J connectivity index is 2.38. The molecule has 0 saturated carbocycles. The van der Waals surface area contributed by atoms with Gasteiger partial charge >= 0.3 is 0 Å². The standard InChI is InChI=1S/C13H16N4O/c1-10-8-12(17(2)6-7-18)16-13(15-10)11-4-3-5-14-9-11/h3-5,8-9,18H,6-7H2,1-2H3. The fraction of sp³-hybridized carbons (Fsp3) is 0.308. The predicted molar refractivity (Wildman–Crippen MR) is 70.4 cm³/mol. The van der Waals surface area contributed by atoms with E-state index in [-0.39, 0.29) is 6.61 Å². The first kappa shape index (κ1) is 12.4. The van der Waals surface area contributed by atoms with Crippen LogP contribution in [-0.4, -0.2) is 40.3 Å². The normalized spacial score (nSPS) is 10.4. The lowest BCUT2D eigenvalue weighted by Crippen LogP contribution is -2.22. The molecule has 1 N–H and O–H groups in total. The Bertz CT molecular complexity index is 516. The van der Waals surface area contributed by atoms with Crippen LogP contribution in [0.3, 0.4) is 0 Å². The van der Waals surface area contributed by atoms with Gasteiger partial charge in [-0.2, -0.15) is 0 Å². The highest BCUT2D eigenvalue weighted by Crippen LogP contribution is 2.18. The molecule has 2 aromatic heterocycles. The topological polar surface area (TPSA) is 62.1 Å². The minimum Gasteiger partial charge on any atom is -0.395 e.